The topological polar surface area (TPSA) is 361 Å². The number of aliphatic hydroxyl groups is 1. The average Bonchev–Trinajstić information content (AvgIpc) is 1.30. The molecule has 30 heteroatoms. The molecule has 1 aromatic carbocycles. The van der Waals surface area contributed by atoms with Crippen LogP contribution in [0.2, 0.25) is 0 Å². The highest BCUT2D eigenvalue weighted by Crippen LogP contribution is 2.37. The third-order valence-corrected chi connectivity index (χ3v) is 20.6. The van der Waals surface area contributed by atoms with Gasteiger partial charge in [-0.05, 0) is 154 Å². The van der Waals surface area contributed by atoms with Gasteiger partial charge in [-0.15, -0.1) is 12.4 Å². The molecule has 0 spiro atoms. The Morgan fingerprint density at radius 2 is 1.14 bits per heavy atom. The van der Waals surface area contributed by atoms with Gasteiger partial charge in [-0.2, -0.15) is 12.6 Å². The number of aliphatic hydroxyl groups excluding tert-OH is 1. The molecule has 102 heavy (non-hydrogen) atoms. The van der Waals surface area contributed by atoms with Gasteiger partial charge in [0, 0.05) is 11.9 Å². The standard InChI is InChI=1S/C19H25N3O7S.C14H26N2O3S.C14H24N2O3.C10H19NO2S.C9H17NO2.2C2H6.2CH4.ClH/c1-19(2)12-29-18(20-19)21(16(17(23)24)13-8-4-3-5-9-13)30(27,28)15-11-7-6-10-14(15)22(25)26;1-14(2,9-17)16-13(20)15-11(12(18)19-3)10-7-5-4-6-8-10;1-14(2)9-19-13(16-14)15-11(12(17)18-3)10-7-5-4-6-8-10;1-13-10(12)9(11-7-14)8-5-3-2-4-6-8;1-12-9(11)8(10)7-5-3-2-4-6-7;2*1-2;;;/h6-7,10-11,13,16H,3-5,8-9,12H2,1-2H3,(H,23,24);10-11,17H,4-9H2,1-3H3,(H2,15,16,20);10-11H,4-9H2,1-3H3,(H,15,16);8-9,11,14H,2-7H2,1H3;7-8H,2-6,10H2,1H3;2*1-2H3;2*1H4;1H/t16-;2*11-;9-;8-;;;;;/m00000...../s1. The van der Waals surface area contributed by atoms with Crippen molar-refractivity contribution in [2.45, 2.75) is 296 Å². The first-order chi connectivity index (χ1) is 47.0. The number of carbonyl (C=O) groups excluding carboxylic acids is 4. The molecule has 2 aliphatic heterocycles. The Hall–Kier alpha value is -5.33. The summed E-state index contributed by atoms with van der Waals surface area (Å²) < 4.78 is 58.1. The number of nitro groups is 1. The number of sulfonamides is 1. The molecule has 2 heterocycles. The van der Waals surface area contributed by atoms with E-state index < -0.39 is 72.7 Å². The number of aliphatic carboxylic acids is 1. The summed E-state index contributed by atoms with van der Waals surface area (Å²) >= 11 is 9.33. The summed E-state index contributed by atoms with van der Waals surface area (Å²) in [5.41, 5.74) is 3.71. The van der Waals surface area contributed by atoms with Crippen LogP contribution in [0.4, 0.5) is 5.69 Å². The van der Waals surface area contributed by atoms with Gasteiger partial charge in [0.1, 0.15) is 37.4 Å². The lowest BCUT2D eigenvalue weighted by molar-refractivity contribution is -0.387. The van der Waals surface area contributed by atoms with E-state index in [0.717, 1.165) is 95.6 Å². The van der Waals surface area contributed by atoms with Gasteiger partial charge >= 0.3 is 35.9 Å². The number of nitrogens with two attached hydrogens (primary N) is 1. The van der Waals surface area contributed by atoms with Gasteiger partial charge in [-0.3, -0.25) is 25.0 Å². The maximum atomic E-state index is 13.6. The molecule has 8 rings (SSSR count). The van der Waals surface area contributed by atoms with Crippen molar-refractivity contribution in [1.82, 2.24) is 25.6 Å². The molecule has 26 nitrogen and oxygen atoms in total. The zero-order chi connectivity index (χ0) is 74.5. The van der Waals surface area contributed by atoms with Crippen LogP contribution in [0.1, 0.15) is 245 Å². The zero-order valence-corrected chi connectivity index (χ0v) is 65.5. The number of thiol groups is 1. The van der Waals surface area contributed by atoms with Crippen LogP contribution < -0.4 is 27.0 Å². The van der Waals surface area contributed by atoms with Crippen molar-refractivity contribution in [2.75, 3.05) is 54.1 Å². The molecule has 0 amide bonds. The highest BCUT2D eigenvalue weighted by atomic mass is 35.5. The van der Waals surface area contributed by atoms with E-state index in [1.165, 1.54) is 105 Å². The molecule has 1 saturated heterocycles. The van der Waals surface area contributed by atoms with Crippen LogP contribution in [0, 0.1) is 39.7 Å². The molecule has 0 radical (unpaired) electrons. The second-order valence-electron chi connectivity index (χ2n) is 27.5. The molecular formula is C72H132ClN9O17S3. The number of hydrogen-bond donors (Lipinski definition) is 8. The number of rotatable bonds is 20. The van der Waals surface area contributed by atoms with Gasteiger partial charge in [0.2, 0.25) is 0 Å². The normalized spacial score (nSPS) is 19.9. The minimum Gasteiger partial charge on any atom is -0.480 e. The predicted octanol–water partition coefficient (Wildman–Crippen LogP) is 12.4. The quantitative estimate of drug-likeness (QED) is 0.0114. The van der Waals surface area contributed by atoms with Crippen LogP contribution >= 0.6 is 37.3 Å². The summed E-state index contributed by atoms with van der Waals surface area (Å²) in [5, 5.41) is 43.5. The number of ether oxygens (including phenoxy) is 6. The first-order valence-corrected chi connectivity index (χ1v) is 38.3. The molecule has 6 fully saturated rings. The van der Waals surface area contributed by atoms with Crippen molar-refractivity contribution in [3.8, 4) is 0 Å². The number of carbonyl (C=O) groups is 5. The van der Waals surface area contributed by atoms with Crippen molar-refractivity contribution in [3.63, 3.8) is 0 Å². The molecule has 7 aliphatic rings. The molecule has 0 bridgehead atoms. The maximum Gasteiger partial charge on any atom is 0.331 e. The molecular weight excluding hydrogens is 1390 g/mol. The fraction of sp³-hybridized carbons (Fsp3) is 0.806. The van der Waals surface area contributed by atoms with Crippen LogP contribution in [0.5, 0.6) is 0 Å². The van der Waals surface area contributed by atoms with Gasteiger partial charge < -0.3 is 60.3 Å². The van der Waals surface area contributed by atoms with Gasteiger partial charge in [-0.1, -0.05) is 151 Å². The lowest BCUT2D eigenvalue weighted by atomic mass is 9.84. The molecule has 592 valence electrons. The lowest BCUT2D eigenvalue weighted by Crippen LogP contribution is -2.56. The zero-order valence-electron chi connectivity index (χ0n) is 62.1. The largest absolute Gasteiger partial charge is 0.480 e. The number of nitrogens with one attached hydrogen (secondary N) is 4. The van der Waals surface area contributed by atoms with Crippen LogP contribution in [-0.4, -0.2) is 176 Å². The van der Waals surface area contributed by atoms with Gasteiger partial charge in [-0.25, -0.2) is 37.1 Å². The Bertz CT molecular complexity index is 2790. The van der Waals surface area contributed by atoms with Gasteiger partial charge in [0.05, 0.1) is 56.6 Å². The van der Waals surface area contributed by atoms with E-state index in [9.17, 15) is 52.7 Å². The van der Waals surface area contributed by atoms with Crippen LogP contribution in [0.3, 0.4) is 0 Å². The maximum absolute atomic E-state index is 13.6. The number of benzene rings is 1. The second-order valence-corrected chi connectivity index (χ2v) is 30.1. The number of para-hydroxylation sites is 1. The monoisotopic (exact) mass is 1530 g/mol. The SMILES string of the molecule is C.C.CC.CC.CC1(C)COC(N([C@H](C(=O)O)C2CCCCC2)S(=O)(=O)c2ccccc2[N+](=O)[O-])=N1.COC(=O)[C@@H](N)C1CCCCC1.COC(=O)[C@@H](N=C1NC(C)(C)CO1)C1CCCCC1.COC(=O)[C@@H](NC(=S)NC(C)(C)CO)C1CCCCC1.COC(=O)[C@@H](NCS)C1CCCCC1.Cl. The number of amidine groups is 2. The number of aliphatic imine (C=N–C) groups is 2. The lowest BCUT2D eigenvalue weighted by Gasteiger charge is -2.35. The molecule has 5 atom stereocenters. The molecule has 0 unspecified atom stereocenters. The molecule has 0 aromatic heterocycles. The van der Waals surface area contributed by atoms with Crippen molar-refractivity contribution in [3.05, 3.63) is 34.4 Å². The van der Waals surface area contributed by atoms with E-state index in [0.29, 0.717) is 52.6 Å². The minimum atomic E-state index is -4.65. The highest BCUT2D eigenvalue weighted by Gasteiger charge is 2.48. The van der Waals surface area contributed by atoms with Crippen molar-refractivity contribution in [1.29, 1.82) is 0 Å². The fourth-order valence-electron chi connectivity index (χ4n) is 13.1. The summed E-state index contributed by atoms with van der Waals surface area (Å²) in [6.45, 7) is 19.8. The third kappa shape index (κ3) is 33.0. The van der Waals surface area contributed by atoms with E-state index >= 15 is 0 Å². The Balaban J connectivity index is 0. The molecule has 8 N–H and O–H groups in total. The van der Waals surface area contributed by atoms with Crippen LogP contribution in [0.25, 0.3) is 0 Å². The number of esters is 4. The number of thiocarbonyl (C=S) groups is 1. The average molecular weight is 1530 g/mol. The number of carboxylic acids is 1. The number of nitro benzene ring substituents is 1. The summed E-state index contributed by atoms with van der Waals surface area (Å²) in [7, 11) is 1.01. The Morgan fingerprint density at radius 3 is 1.53 bits per heavy atom. The summed E-state index contributed by atoms with van der Waals surface area (Å²) in [4.78, 5) is 77.6. The minimum absolute atomic E-state index is 0. The summed E-state index contributed by atoms with van der Waals surface area (Å²) in [5.74, 6) is -0.879. The number of hydrogen-bond acceptors (Lipinski definition) is 22. The van der Waals surface area contributed by atoms with Crippen molar-refractivity contribution >= 4 is 100.0 Å². The smallest absolute Gasteiger partial charge is 0.331 e. The fourth-order valence-corrected chi connectivity index (χ4v) is 15.4. The van der Waals surface area contributed by atoms with E-state index in [-0.39, 0.29) is 93.8 Å². The highest BCUT2D eigenvalue weighted by molar-refractivity contribution is 7.89. The van der Waals surface area contributed by atoms with E-state index in [2.05, 4.69) is 48.6 Å². The Kier molecular flexibility index (Phi) is 49.4. The number of carboxylic acid groups (broad SMARTS) is 1. The van der Waals surface area contributed by atoms with E-state index in [4.69, 9.17) is 41.6 Å². The molecule has 5 saturated carbocycles. The van der Waals surface area contributed by atoms with Crippen LogP contribution in [0.15, 0.2) is 39.1 Å². The van der Waals surface area contributed by atoms with Gasteiger partial charge in [0.15, 0.2) is 16.0 Å². The molecule has 1 aromatic rings. The number of nitrogens with zero attached hydrogens (tertiary/aromatic N) is 4. The van der Waals surface area contributed by atoms with Crippen molar-refractivity contribution < 1.29 is 75.9 Å². The first kappa shape index (κ1) is 98.7. The second kappa shape index (κ2) is 51.0. The molecule has 5 aliphatic carbocycles. The summed E-state index contributed by atoms with van der Waals surface area (Å²) in [6, 6.07) is 2.16. The predicted molar refractivity (Wildman–Crippen MR) is 412 cm³/mol. The number of halogens is 1. The van der Waals surface area contributed by atoms with E-state index in [1.807, 2.05) is 55.4 Å². The summed E-state index contributed by atoms with van der Waals surface area (Å²) in [6.07, 6.45) is 26.7. The third-order valence-electron chi connectivity index (χ3n) is 18.4. The Labute approximate surface area is 628 Å². The first-order valence-electron chi connectivity index (χ1n) is 35.8. The van der Waals surface area contributed by atoms with Crippen molar-refractivity contribution in [2.24, 2.45) is 45.3 Å². The van der Waals surface area contributed by atoms with E-state index in [1.54, 1.807) is 13.8 Å². The number of methoxy groups -OCH3 is 4. The Morgan fingerprint density at radius 1 is 0.716 bits per heavy atom. The van der Waals surface area contributed by atoms with Crippen LogP contribution in [-0.2, 0) is 62.4 Å². The van der Waals surface area contributed by atoms with Gasteiger partial charge in [0.25, 0.3) is 21.7 Å².